The summed E-state index contributed by atoms with van der Waals surface area (Å²) in [6, 6.07) is 0. The van der Waals surface area contributed by atoms with E-state index in [0.717, 1.165) is 0 Å². The van der Waals surface area contributed by atoms with Gasteiger partial charge < -0.3 is 14.9 Å². The first-order valence-electron chi connectivity index (χ1n) is 4.69. The summed E-state index contributed by atoms with van der Waals surface area (Å²) in [7, 11) is 1.64. The van der Waals surface area contributed by atoms with Crippen LogP contribution in [0.3, 0.4) is 0 Å². The Bertz CT molecular complexity index is 143. The van der Waals surface area contributed by atoms with Crippen LogP contribution in [-0.4, -0.2) is 36.1 Å². The van der Waals surface area contributed by atoms with Gasteiger partial charge >= 0.3 is 0 Å². The second-order valence-electron chi connectivity index (χ2n) is 4.42. The molecule has 0 aliphatic heterocycles. The molecule has 2 atom stereocenters. The van der Waals surface area contributed by atoms with Crippen molar-refractivity contribution >= 4 is 0 Å². The van der Waals surface area contributed by atoms with Crippen LogP contribution in [0, 0.1) is 11.3 Å². The molecule has 3 nitrogen and oxygen atoms in total. The Morgan fingerprint density at radius 3 is 2.00 bits per heavy atom. The largest absolute Gasteiger partial charge is 0.394 e. The predicted octanol–water partition coefficient (Wildman–Crippen LogP) is 1.04. The molecule has 13 heavy (non-hydrogen) atoms. The molecule has 0 aromatic carbocycles. The third-order valence-corrected chi connectivity index (χ3v) is 2.62. The van der Waals surface area contributed by atoms with Crippen LogP contribution in [0.2, 0.25) is 0 Å². The molecule has 0 aliphatic carbocycles. The zero-order valence-corrected chi connectivity index (χ0v) is 9.24. The maximum atomic E-state index is 9.61. The fraction of sp³-hybridized carbons (Fsp3) is 1.00. The summed E-state index contributed by atoms with van der Waals surface area (Å²) in [5.74, 6) is 0.321. The zero-order chi connectivity index (χ0) is 10.6. The second kappa shape index (κ2) is 4.94. The second-order valence-corrected chi connectivity index (χ2v) is 4.42. The van der Waals surface area contributed by atoms with Crippen LogP contribution < -0.4 is 0 Å². The van der Waals surface area contributed by atoms with Gasteiger partial charge in [-0.05, 0) is 5.92 Å². The Hall–Kier alpha value is -0.120. The SMILES string of the molecule is COC(C(C)C)C(C)(C)C(O)CO. The maximum Gasteiger partial charge on any atom is 0.0846 e. The topological polar surface area (TPSA) is 49.7 Å². The first-order valence-corrected chi connectivity index (χ1v) is 4.69. The van der Waals surface area contributed by atoms with Crippen LogP contribution in [0.15, 0.2) is 0 Å². The van der Waals surface area contributed by atoms with Crippen LogP contribution in [-0.2, 0) is 4.74 Å². The number of methoxy groups -OCH3 is 1. The van der Waals surface area contributed by atoms with Gasteiger partial charge in [0.2, 0.25) is 0 Å². The molecule has 0 amide bonds. The van der Waals surface area contributed by atoms with E-state index in [2.05, 4.69) is 0 Å². The molecule has 0 spiro atoms. The summed E-state index contributed by atoms with van der Waals surface area (Å²) in [5, 5.41) is 18.5. The number of aliphatic hydroxyl groups excluding tert-OH is 2. The molecule has 2 N–H and O–H groups in total. The molecule has 2 unspecified atom stereocenters. The number of aliphatic hydroxyl groups is 2. The number of rotatable bonds is 5. The highest BCUT2D eigenvalue weighted by Gasteiger charge is 2.37. The van der Waals surface area contributed by atoms with E-state index < -0.39 is 11.5 Å². The van der Waals surface area contributed by atoms with Crippen molar-refractivity contribution in [3.63, 3.8) is 0 Å². The fourth-order valence-corrected chi connectivity index (χ4v) is 1.86. The van der Waals surface area contributed by atoms with Crippen molar-refractivity contribution in [2.75, 3.05) is 13.7 Å². The molecular weight excluding hydrogens is 168 g/mol. The van der Waals surface area contributed by atoms with Crippen molar-refractivity contribution in [2.45, 2.75) is 39.9 Å². The molecule has 0 aliphatic rings. The van der Waals surface area contributed by atoms with Gasteiger partial charge in [0.15, 0.2) is 0 Å². The molecule has 0 saturated heterocycles. The Balaban J connectivity index is 4.55. The Morgan fingerprint density at radius 1 is 1.31 bits per heavy atom. The van der Waals surface area contributed by atoms with Crippen LogP contribution in [0.4, 0.5) is 0 Å². The molecule has 0 saturated carbocycles. The highest BCUT2D eigenvalue weighted by atomic mass is 16.5. The lowest BCUT2D eigenvalue weighted by Gasteiger charge is -2.38. The van der Waals surface area contributed by atoms with Gasteiger partial charge in [-0.25, -0.2) is 0 Å². The molecule has 0 aromatic heterocycles. The summed E-state index contributed by atoms with van der Waals surface area (Å²) in [4.78, 5) is 0. The molecular formula is C10H22O3. The van der Waals surface area contributed by atoms with Gasteiger partial charge in [0.05, 0.1) is 18.8 Å². The van der Waals surface area contributed by atoms with Gasteiger partial charge in [0, 0.05) is 12.5 Å². The minimum absolute atomic E-state index is 0.0466. The van der Waals surface area contributed by atoms with E-state index in [1.54, 1.807) is 7.11 Å². The first-order chi connectivity index (χ1) is 5.87. The molecule has 3 heteroatoms. The first kappa shape index (κ1) is 12.9. The summed E-state index contributed by atoms with van der Waals surface area (Å²) in [6.45, 7) is 7.67. The van der Waals surface area contributed by atoms with E-state index in [4.69, 9.17) is 9.84 Å². The molecule has 0 rings (SSSR count). The molecule has 0 fully saturated rings. The lowest BCUT2D eigenvalue weighted by molar-refractivity contribution is -0.102. The lowest BCUT2D eigenvalue weighted by Crippen LogP contribution is -2.45. The quantitative estimate of drug-likeness (QED) is 0.681. The van der Waals surface area contributed by atoms with Crippen LogP contribution in [0.5, 0.6) is 0 Å². The van der Waals surface area contributed by atoms with Crippen molar-refractivity contribution in [3.8, 4) is 0 Å². The van der Waals surface area contributed by atoms with E-state index in [1.165, 1.54) is 0 Å². The number of hydrogen-bond acceptors (Lipinski definition) is 3. The van der Waals surface area contributed by atoms with E-state index >= 15 is 0 Å². The lowest BCUT2D eigenvalue weighted by atomic mass is 9.76. The highest BCUT2D eigenvalue weighted by molar-refractivity contribution is 4.87. The van der Waals surface area contributed by atoms with Gasteiger partial charge in [-0.2, -0.15) is 0 Å². The monoisotopic (exact) mass is 190 g/mol. The zero-order valence-electron chi connectivity index (χ0n) is 9.24. The smallest absolute Gasteiger partial charge is 0.0846 e. The predicted molar refractivity (Wildman–Crippen MR) is 52.5 cm³/mol. The van der Waals surface area contributed by atoms with Crippen molar-refractivity contribution in [1.29, 1.82) is 0 Å². The molecule has 0 radical (unpaired) electrons. The number of hydrogen-bond donors (Lipinski definition) is 2. The van der Waals surface area contributed by atoms with Gasteiger partial charge in [-0.3, -0.25) is 0 Å². The van der Waals surface area contributed by atoms with Gasteiger partial charge in [-0.1, -0.05) is 27.7 Å². The molecule has 80 valence electrons. The van der Waals surface area contributed by atoms with Crippen LogP contribution in [0.1, 0.15) is 27.7 Å². The third kappa shape index (κ3) is 2.93. The standard InChI is InChI=1S/C10H22O3/c1-7(2)9(13-5)10(3,4)8(12)6-11/h7-9,11-12H,6H2,1-5H3. The third-order valence-electron chi connectivity index (χ3n) is 2.62. The average molecular weight is 190 g/mol. The minimum atomic E-state index is -0.736. The van der Waals surface area contributed by atoms with E-state index in [9.17, 15) is 5.11 Å². The Labute approximate surface area is 80.7 Å². The van der Waals surface area contributed by atoms with Gasteiger partial charge in [0.1, 0.15) is 0 Å². The molecule has 0 aromatic rings. The summed E-state index contributed by atoms with van der Waals surface area (Å²) < 4.78 is 5.33. The van der Waals surface area contributed by atoms with E-state index in [0.29, 0.717) is 5.92 Å². The summed E-state index contributed by atoms with van der Waals surface area (Å²) >= 11 is 0. The Kier molecular flexibility index (Phi) is 4.89. The van der Waals surface area contributed by atoms with Gasteiger partial charge in [-0.15, -0.1) is 0 Å². The normalized spacial score (nSPS) is 17.5. The van der Waals surface area contributed by atoms with Gasteiger partial charge in [0.25, 0.3) is 0 Å². The van der Waals surface area contributed by atoms with E-state index in [-0.39, 0.29) is 12.7 Å². The van der Waals surface area contributed by atoms with Crippen molar-refractivity contribution in [3.05, 3.63) is 0 Å². The molecule has 0 heterocycles. The van der Waals surface area contributed by atoms with Crippen LogP contribution in [0.25, 0.3) is 0 Å². The van der Waals surface area contributed by atoms with Crippen molar-refractivity contribution in [2.24, 2.45) is 11.3 Å². The number of ether oxygens (including phenoxy) is 1. The highest BCUT2D eigenvalue weighted by Crippen LogP contribution is 2.31. The Morgan fingerprint density at radius 2 is 1.77 bits per heavy atom. The van der Waals surface area contributed by atoms with Crippen LogP contribution >= 0.6 is 0 Å². The summed E-state index contributed by atoms with van der Waals surface area (Å²) in [5.41, 5.74) is -0.419. The van der Waals surface area contributed by atoms with E-state index in [1.807, 2.05) is 27.7 Å². The van der Waals surface area contributed by atoms with Crippen molar-refractivity contribution < 1.29 is 14.9 Å². The maximum absolute atomic E-state index is 9.61. The van der Waals surface area contributed by atoms with Crippen molar-refractivity contribution in [1.82, 2.24) is 0 Å². The summed E-state index contributed by atoms with van der Waals surface area (Å²) in [6.07, 6.45) is -0.783. The molecule has 0 bridgehead atoms. The fourth-order valence-electron chi connectivity index (χ4n) is 1.86. The minimum Gasteiger partial charge on any atom is -0.394 e. The average Bonchev–Trinajstić information content (AvgIpc) is 2.02.